The van der Waals surface area contributed by atoms with E-state index in [1.807, 2.05) is 0 Å². The standard InChI is InChI=1S/C35H63IO2Si2/c1-25(20-22-36)30-18-19-31-27(15-14-21-35(30,31)9)16-17-28-23-29(37-39(10,11)33(3,4)5)24-32(26(28)2)38-40(12,13)34(6,7)8/h17,20,22,25,27,29-32H,2,14-16,18-19,21,23-24H2,1,3-13H3/b22-20+,28-17-/t25-,27?,29-,30-,31+,32+,35-/m1/s1. The van der Waals surface area contributed by atoms with Crippen molar-refractivity contribution < 1.29 is 8.85 Å². The molecular formula is C35H63IO2Si2. The van der Waals surface area contributed by atoms with Gasteiger partial charge in [0.25, 0.3) is 0 Å². The van der Waals surface area contributed by atoms with E-state index in [0.29, 0.717) is 11.3 Å². The normalized spacial score (nSPS) is 34.5. The van der Waals surface area contributed by atoms with Gasteiger partial charge in [0.2, 0.25) is 0 Å². The second kappa shape index (κ2) is 12.7. The number of allylic oxidation sites excluding steroid dienone is 2. The quantitative estimate of drug-likeness (QED) is 0.186. The van der Waals surface area contributed by atoms with Crippen LogP contribution in [0.3, 0.4) is 0 Å². The van der Waals surface area contributed by atoms with Crippen LogP contribution in [0.5, 0.6) is 0 Å². The van der Waals surface area contributed by atoms with Crippen molar-refractivity contribution in [1.29, 1.82) is 0 Å². The average molecular weight is 699 g/mol. The molecule has 230 valence electrons. The van der Waals surface area contributed by atoms with Gasteiger partial charge in [-0.15, -0.1) is 0 Å². The molecule has 0 saturated heterocycles. The minimum atomic E-state index is -1.94. The molecule has 3 aliphatic carbocycles. The minimum Gasteiger partial charge on any atom is -0.413 e. The zero-order valence-electron chi connectivity index (χ0n) is 28.3. The van der Waals surface area contributed by atoms with Gasteiger partial charge in [-0.3, -0.25) is 0 Å². The van der Waals surface area contributed by atoms with Crippen LogP contribution in [0.15, 0.2) is 34.0 Å². The minimum absolute atomic E-state index is 0.0732. The van der Waals surface area contributed by atoms with Crippen molar-refractivity contribution in [2.24, 2.45) is 29.1 Å². The third-order valence-electron chi connectivity index (χ3n) is 12.3. The van der Waals surface area contributed by atoms with E-state index in [2.05, 4.69) is 120 Å². The highest BCUT2D eigenvalue weighted by Gasteiger charge is 2.52. The molecule has 0 spiro atoms. The third kappa shape index (κ3) is 7.50. The summed E-state index contributed by atoms with van der Waals surface area (Å²) in [7, 11) is -3.82. The smallest absolute Gasteiger partial charge is 0.192 e. The third-order valence-corrected chi connectivity index (χ3v) is 21.7. The Morgan fingerprint density at radius 2 is 1.60 bits per heavy atom. The maximum Gasteiger partial charge on any atom is 0.192 e. The maximum atomic E-state index is 7.08. The number of hydrogen-bond acceptors (Lipinski definition) is 2. The summed E-state index contributed by atoms with van der Waals surface area (Å²) in [4.78, 5) is 0. The Balaban J connectivity index is 1.85. The fraction of sp³-hybridized carbons (Fsp3) is 0.829. The summed E-state index contributed by atoms with van der Waals surface area (Å²) in [6.45, 7) is 33.5. The molecule has 2 nitrogen and oxygen atoms in total. The highest BCUT2D eigenvalue weighted by Crippen LogP contribution is 2.60. The summed E-state index contributed by atoms with van der Waals surface area (Å²) < 4.78 is 16.4. The van der Waals surface area contributed by atoms with Crippen LogP contribution in [-0.2, 0) is 8.85 Å². The first kappa shape index (κ1) is 34.8. The van der Waals surface area contributed by atoms with Crippen LogP contribution in [0, 0.1) is 29.1 Å². The molecule has 3 aliphatic rings. The van der Waals surface area contributed by atoms with Crippen molar-refractivity contribution in [1.82, 2.24) is 0 Å². The van der Waals surface area contributed by atoms with Gasteiger partial charge in [0.15, 0.2) is 16.6 Å². The summed E-state index contributed by atoms with van der Waals surface area (Å²) in [5.41, 5.74) is 3.16. The van der Waals surface area contributed by atoms with Gasteiger partial charge >= 0.3 is 0 Å². The van der Waals surface area contributed by atoms with Crippen LogP contribution in [0.25, 0.3) is 0 Å². The fourth-order valence-electron chi connectivity index (χ4n) is 7.67. The first-order valence-electron chi connectivity index (χ1n) is 16.2. The highest BCUT2D eigenvalue weighted by molar-refractivity contribution is 14.1. The van der Waals surface area contributed by atoms with Crippen LogP contribution in [0.1, 0.15) is 107 Å². The Bertz CT molecular complexity index is 953. The van der Waals surface area contributed by atoms with E-state index in [1.54, 1.807) is 0 Å². The molecule has 5 heteroatoms. The maximum absolute atomic E-state index is 7.08. The van der Waals surface area contributed by atoms with Crippen LogP contribution >= 0.6 is 22.6 Å². The topological polar surface area (TPSA) is 18.5 Å². The Morgan fingerprint density at radius 1 is 1.00 bits per heavy atom. The van der Waals surface area contributed by atoms with E-state index in [4.69, 9.17) is 15.4 Å². The monoisotopic (exact) mass is 698 g/mol. The summed E-state index contributed by atoms with van der Waals surface area (Å²) in [6.07, 6.45) is 15.5. The van der Waals surface area contributed by atoms with Gasteiger partial charge in [-0.25, -0.2) is 0 Å². The lowest BCUT2D eigenvalue weighted by atomic mass is 9.59. The second-order valence-electron chi connectivity index (χ2n) is 16.9. The Hall–Kier alpha value is 0.304. The van der Waals surface area contributed by atoms with Gasteiger partial charge in [0.05, 0.1) is 12.2 Å². The molecule has 7 atom stereocenters. The van der Waals surface area contributed by atoms with Crippen molar-refractivity contribution >= 4 is 39.2 Å². The molecule has 0 aromatic heterocycles. The highest BCUT2D eigenvalue weighted by atomic mass is 127. The molecule has 0 aromatic rings. The van der Waals surface area contributed by atoms with Crippen molar-refractivity contribution in [3.8, 4) is 0 Å². The van der Waals surface area contributed by atoms with Gasteiger partial charge in [-0.05, 0) is 119 Å². The molecule has 0 amide bonds. The molecule has 0 aromatic carbocycles. The summed E-state index contributed by atoms with van der Waals surface area (Å²) >= 11 is 2.40. The Morgan fingerprint density at radius 3 is 2.17 bits per heavy atom. The molecule has 3 saturated carbocycles. The van der Waals surface area contributed by atoms with Crippen LogP contribution < -0.4 is 0 Å². The van der Waals surface area contributed by atoms with E-state index in [-0.39, 0.29) is 22.3 Å². The molecule has 1 unspecified atom stereocenters. The molecule has 0 radical (unpaired) electrons. The van der Waals surface area contributed by atoms with Gasteiger partial charge in [-0.1, -0.05) is 103 Å². The van der Waals surface area contributed by atoms with Crippen molar-refractivity contribution in [2.45, 2.75) is 155 Å². The van der Waals surface area contributed by atoms with Crippen LogP contribution in [-0.4, -0.2) is 28.8 Å². The van der Waals surface area contributed by atoms with Crippen molar-refractivity contribution in [3.05, 3.63) is 34.0 Å². The van der Waals surface area contributed by atoms with E-state index < -0.39 is 16.6 Å². The lowest BCUT2D eigenvalue weighted by molar-refractivity contribution is 0.0393. The van der Waals surface area contributed by atoms with E-state index in [9.17, 15) is 0 Å². The molecule has 0 aliphatic heterocycles. The molecule has 40 heavy (non-hydrogen) atoms. The fourth-order valence-corrected chi connectivity index (χ4v) is 11.0. The van der Waals surface area contributed by atoms with E-state index in [1.165, 1.54) is 49.7 Å². The lowest BCUT2D eigenvalue weighted by Gasteiger charge is -2.47. The summed E-state index contributed by atoms with van der Waals surface area (Å²) in [5, 5.41) is 0.385. The first-order chi connectivity index (χ1) is 18.2. The van der Waals surface area contributed by atoms with Crippen LogP contribution in [0.4, 0.5) is 0 Å². The van der Waals surface area contributed by atoms with Crippen LogP contribution in [0.2, 0.25) is 36.3 Å². The van der Waals surface area contributed by atoms with Crippen molar-refractivity contribution in [2.75, 3.05) is 0 Å². The summed E-state index contributed by atoms with van der Waals surface area (Å²) in [6, 6.07) is 0. The number of rotatable bonds is 8. The predicted octanol–water partition coefficient (Wildman–Crippen LogP) is 11.9. The van der Waals surface area contributed by atoms with Crippen molar-refractivity contribution in [3.63, 3.8) is 0 Å². The number of hydrogen-bond donors (Lipinski definition) is 0. The Kier molecular flexibility index (Phi) is 11.1. The SMILES string of the molecule is C=C1/C(=C\CC2CCC[C@]3(C)[C@@H]([C@H](C)/C=C/I)CC[C@@H]23)C[C@@H](O[Si](C)(C)C(C)(C)C)C[C@@H]1O[Si](C)(C)C(C)(C)C. The second-order valence-corrected chi connectivity index (χ2v) is 27.2. The van der Waals surface area contributed by atoms with E-state index >= 15 is 0 Å². The number of halogens is 1. The lowest BCUT2D eigenvalue weighted by Crippen LogP contribution is -2.49. The molecule has 0 N–H and O–H groups in total. The van der Waals surface area contributed by atoms with Gasteiger partial charge in [0.1, 0.15) is 0 Å². The van der Waals surface area contributed by atoms with Gasteiger partial charge < -0.3 is 8.85 Å². The van der Waals surface area contributed by atoms with Gasteiger partial charge in [0, 0.05) is 6.42 Å². The zero-order valence-corrected chi connectivity index (χ0v) is 32.4. The predicted molar refractivity (Wildman–Crippen MR) is 189 cm³/mol. The van der Waals surface area contributed by atoms with Gasteiger partial charge in [-0.2, -0.15) is 0 Å². The molecule has 0 bridgehead atoms. The van der Waals surface area contributed by atoms with E-state index in [0.717, 1.165) is 30.6 Å². The molecule has 3 fully saturated rings. The molecular weight excluding hydrogens is 635 g/mol. The summed E-state index contributed by atoms with van der Waals surface area (Å²) in [5.74, 6) is 3.15. The number of fused-ring (bicyclic) bond motifs is 1. The Labute approximate surface area is 265 Å². The zero-order chi connectivity index (χ0) is 30.3. The first-order valence-corrected chi connectivity index (χ1v) is 23.3. The largest absolute Gasteiger partial charge is 0.413 e. The average Bonchev–Trinajstić information content (AvgIpc) is 3.16. The molecule has 0 heterocycles. The molecule has 3 rings (SSSR count).